The van der Waals surface area contributed by atoms with Crippen LogP contribution in [0.1, 0.15) is 34.6 Å². The number of fused-ring (bicyclic) bond motifs is 3. The molecule has 3 rings (SSSR count). The highest BCUT2D eigenvalue weighted by Crippen LogP contribution is 2.52. The van der Waals surface area contributed by atoms with Gasteiger partial charge in [-0.15, -0.1) is 0 Å². The summed E-state index contributed by atoms with van der Waals surface area (Å²) in [5, 5.41) is 0.237. The van der Waals surface area contributed by atoms with Gasteiger partial charge in [0, 0.05) is 12.5 Å². The molecule has 2 heterocycles. The van der Waals surface area contributed by atoms with E-state index in [1.165, 1.54) is 0 Å². The summed E-state index contributed by atoms with van der Waals surface area (Å²) in [5.74, 6) is -0.164. The summed E-state index contributed by atoms with van der Waals surface area (Å²) in [5.41, 5.74) is 0. The zero-order valence-corrected chi connectivity index (χ0v) is 14.7. The molecule has 0 unspecified atom stereocenters. The van der Waals surface area contributed by atoms with E-state index in [2.05, 4.69) is 33.9 Å². The van der Waals surface area contributed by atoms with Gasteiger partial charge < -0.3 is 18.6 Å². The minimum absolute atomic E-state index is 0.100. The van der Waals surface area contributed by atoms with Crippen LogP contribution in [0, 0.1) is 5.92 Å². The largest absolute Gasteiger partial charge is 0.416 e. The first-order valence-electron chi connectivity index (χ1n) is 7.67. The molecule has 0 spiro atoms. The summed E-state index contributed by atoms with van der Waals surface area (Å²) >= 11 is 0. The summed E-state index contributed by atoms with van der Waals surface area (Å²) in [6, 6.07) is 0. The molecule has 0 amide bonds. The lowest BCUT2D eigenvalue weighted by atomic mass is 10.1. The Labute approximate surface area is 123 Å². The van der Waals surface area contributed by atoms with Crippen molar-refractivity contribution < 1.29 is 18.6 Å². The third-order valence-electron chi connectivity index (χ3n) is 5.34. The van der Waals surface area contributed by atoms with Gasteiger partial charge in [-0.2, -0.15) is 0 Å². The fraction of sp³-hybridized carbons (Fsp3) is 1.00. The SMILES string of the molecule is CC1(C)O[C@H]2[C@@H]3O[C@@H]3[C@H](CO[Si](C)(C)C(C)(C)C)[C@H]2O1. The summed E-state index contributed by atoms with van der Waals surface area (Å²) in [4.78, 5) is 0. The second kappa shape index (κ2) is 4.29. The van der Waals surface area contributed by atoms with Crippen LogP contribution in [0.3, 0.4) is 0 Å². The lowest BCUT2D eigenvalue weighted by Gasteiger charge is -2.37. The Morgan fingerprint density at radius 3 is 2.20 bits per heavy atom. The predicted molar refractivity (Wildman–Crippen MR) is 79.1 cm³/mol. The molecule has 0 N–H and O–H groups in total. The maximum atomic E-state index is 6.37. The standard InChI is InChI=1S/C15H28O4Si/c1-14(2,3)20(6,7)16-8-9-10-12(17-10)13-11(9)18-15(4,5)19-13/h9-13H,8H2,1-7H3/t9-,10+,11+,12+,13+/m0/s1. The normalized spacial score (nSPS) is 42.5. The third kappa shape index (κ3) is 2.37. The Balaban J connectivity index is 1.64. The lowest BCUT2D eigenvalue weighted by Crippen LogP contribution is -2.44. The molecule has 5 atom stereocenters. The van der Waals surface area contributed by atoms with E-state index in [1.54, 1.807) is 0 Å². The molecular weight excluding hydrogens is 272 g/mol. The van der Waals surface area contributed by atoms with Gasteiger partial charge in [-0.3, -0.25) is 0 Å². The highest BCUT2D eigenvalue weighted by molar-refractivity contribution is 6.74. The predicted octanol–water partition coefficient (Wildman–Crippen LogP) is 2.93. The molecule has 2 aliphatic heterocycles. The van der Waals surface area contributed by atoms with Crippen molar-refractivity contribution >= 4 is 8.32 Å². The van der Waals surface area contributed by atoms with Crippen LogP contribution in [0.2, 0.25) is 18.1 Å². The fourth-order valence-electron chi connectivity index (χ4n) is 3.05. The van der Waals surface area contributed by atoms with Crippen molar-refractivity contribution in [2.45, 2.75) is 83.0 Å². The maximum absolute atomic E-state index is 6.37. The smallest absolute Gasteiger partial charge is 0.191 e. The van der Waals surface area contributed by atoms with Crippen LogP contribution < -0.4 is 0 Å². The van der Waals surface area contributed by atoms with Crippen molar-refractivity contribution in [1.29, 1.82) is 0 Å². The Morgan fingerprint density at radius 2 is 1.60 bits per heavy atom. The Bertz CT molecular complexity index is 401. The van der Waals surface area contributed by atoms with Crippen molar-refractivity contribution in [3.05, 3.63) is 0 Å². The molecule has 0 aromatic rings. The van der Waals surface area contributed by atoms with E-state index in [0.29, 0.717) is 5.92 Å². The quantitative estimate of drug-likeness (QED) is 0.593. The van der Waals surface area contributed by atoms with Crippen molar-refractivity contribution in [1.82, 2.24) is 0 Å². The van der Waals surface area contributed by atoms with Crippen LogP contribution in [-0.4, -0.2) is 45.1 Å². The average Bonchev–Trinajstić information content (AvgIpc) is 2.89. The first-order valence-corrected chi connectivity index (χ1v) is 10.6. The van der Waals surface area contributed by atoms with Gasteiger partial charge in [0.15, 0.2) is 14.1 Å². The molecule has 4 nitrogen and oxygen atoms in total. The molecule has 20 heavy (non-hydrogen) atoms. The molecular formula is C15H28O4Si. The third-order valence-corrected chi connectivity index (χ3v) is 9.84. The average molecular weight is 300 g/mol. The van der Waals surface area contributed by atoms with Crippen LogP contribution >= 0.6 is 0 Å². The Morgan fingerprint density at radius 1 is 1.00 bits per heavy atom. The summed E-state index contributed by atoms with van der Waals surface area (Å²) in [6.07, 6.45) is 0.752. The second-order valence-electron chi connectivity index (χ2n) is 8.37. The topological polar surface area (TPSA) is 40.2 Å². The molecule has 5 heteroatoms. The maximum Gasteiger partial charge on any atom is 0.191 e. The molecule has 1 saturated carbocycles. The number of rotatable bonds is 3. The second-order valence-corrected chi connectivity index (χ2v) is 13.2. The summed E-state index contributed by atoms with van der Waals surface area (Å²) < 4.78 is 24.2. The van der Waals surface area contributed by atoms with Crippen LogP contribution in [0.5, 0.6) is 0 Å². The molecule has 0 bridgehead atoms. The van der Waals surface area contributed by atoms with Gasteiger partial charge in [-0.1, -0.05) is 20.8 Å². The van der Waals surface area contributed by atoms with Gasteiger partial charge >= 0.3 is 0 Å². The van der Waals surface area contributed by atoms with Gasteiger partial charge in [-0.25, -0.2) is 0 Å². The molecule has 116 valence electrons. The van der Waals surface area contributed by atoms with Gasteiger partial charge in [0.1, 0.15) is 12.2 Å². The fourth-order valence-corrected chi connectivity index (χ4v) is 4.09. The number of epoxide rings is 1. The highest BCUT2D eigenvalue weighted by atomic mass is 28.4. The number of hydrogen-bond donors (Lipinski definition) is 0. The van der Waals surface area contributed by atoms with Crippen LogP contribution in [0.25, 0.3) is 0 Å². The van der Waals surface area contributed by atoms with E-state index in [0.717, 1.165) is 6.61 Å². The van der Waals surface area contributed by atoms with Crippen molar-refractivity contribution in [2.75, 3.05) is 6.61 Å². The monoisotopic (exact) mass is 300 g/mol. The molecule has 3 fully saturated rings. The first-order chi connectivity index (χ1) is 9.02. The molecule has 0 aromatic carbocycles. The van der Waals surface area contributed by atoms with E-state index >= 15 is 0 Å². The Hall–Kier alpha value is 0.0569. The van der Waals surface area contributed by atoms with Crippen LogP contribution in [0.4, 0.5) is 0 Å². The molecule has 0 aromatic heterocycles. The first kappa shape index (κ1) is 15.0. The molecule has 1 aliphatic carbocycles. The lowest BCUT2D eigenvalue weighted by molar-refractivity contribution is -0.154. The number of ether oxygens (including phenoxy) is 3. The van der Waals surface area contributed by atoms with Gasteiger partial charge in [0.2, 0.25) is 0 Å². The summed E-state index contributed by atoms with van der Waals surface area (Å²) in [6.45, 7) is 16.1. The minimum atomic E-state index is -1.72. The zero-order valence-electron chi connectivity index (χ0n) is 13.7. The van der Waals surface area contributed by atoms with Crippen LogP contribution in [0.15, 0.2) is 0 Å². The Kier molecular flexibility index (Phi) is 3.21. The molecule has 3 aliphatic rings. The van der Waals surface area contributed by atoms with Crippen molar-refractivity contribution in [3.63, 3.8) is 0 Å². The van der Waals surface area contributed by atoms with Gasteiger partial charge in [0.05, 0.1) is 12.2 Å². The van der Waals surface area contributed by atoms with Crippen molar-refractivity contribution in [2.24, 2.45) is 5.92 Å². The van der Waals surface area contributed by atoms with E-state index in [1.807, 2.05) is 13.8 Å². The van der Waals surface area contributed by atoms with E-state index in [4.69, 9.17) is 18.6 Å². The van der Waals surface area contributed by atoms with Crippen LogP contribution in [-0.2, 0) is 18.6 Å². The highest BCUT2D eigenvalue weighted by Gasteiger charge is 2.68. The molecule has 0 radical (unpaired) electrons. The number of hydrogen-bond acceptors (Lipinski definition) is 4. The summed E-state index contributed by atoms with van der Waals surface area (Å²) in [7, 11) is -1.72. The van der Waals surface area contributed by atoms with Crippen molar-refractivity contribution in [3.8, 4) is 0 Å². The van der Waals surface area contributed by atoms with Gasteiger partial charge in [0.25, 0.3) is 0 Å². The van der Waals surface area contributed by atoms with E-state index in [9.17, 15) is 0 Å². The molecule has 2 saturated heterocycles. The van der Waals surface area contributed by atoms with E-state index < -0.39 is 14.1 Å². The van der Waals surface area contributed by atoms with E-state index in [-0.39, 0.29) is 29.5 Å². The zero-order chi connectivity index (χ0) is 14.9. The van der Waals surface area contributed by atoms with Gasteiger partial charge in [-0.05, 0) is 32.0 Å². The minimum Gasteiger partial charge on any atom is -0.416 e.